The molecule has 4 aromatic rings. The molecule has 0 atom stereocenters. The van der Waals surface area contributed by atoms with Crippen LogP contribution < -0.4 is 10.1 Å². The average Bonchev–Trinajstić information content (AvgIpc) is 3.55. The molecule has 0 unspecified atom stereocenters. The Bertz CT molecular complexity index is 1270. The van der Waals surface area contributed by atoms with Gasteiger partial charge in [-0.1, -0.05) is 0 Å². The van der Waals surface area contributed by atoms with Crippen molar-refractivity contribution in [2.45, 2.75) is 39.0 Å². The highest BCUT2D eigenvalue weighted by molar-refractivity contribution is 5.72. The van der Waals surface area contributed by atoms with Crippen molar-refractivity contribution < 1.29 is 4.74 Å². The van der Waals surface area contributed by atoms with Crippen LogP contribution in [0.15, 0.2) is 36.7 Å². The van der Waals surface area contributed by atoms with Crippen LogP contribution >= 0.6 is 0 Å². The summed E-state index contributed by atoms with van der Waals surface area (Å²) in [6, 6.07) is 8.14. The fraction of sp³-hybridized carbons (Fsp3) is 0.440. The summed E-state index contributed by atoms with van der Waals surface area (Å²) < 4.78 is 9.13. The summed E-state index contributed by atoms with van der Waals surface area (Å²) in [6.45, 7) is 5.66. The number of rotatable bonds is 9. The van der Waals surface area contributed by atoms with Gasteiger partial charge >= 0.3 is 0 Å². The lowest BCUT2D eigenvalue weighted by Gasteiger charge is -2.13. The molecule has 0 radical (unpaired) electrons. The Kier molecular flexibility index (Phi) is 6.44. The van der Waals surface area contributed by atoms with Gasteiger partial charge in [-0.15, -0.1) is 0 Å². The molecule has 0 amide bonds. The second-order valence-electron chi connectivity index (χ2n) is 8.92. The van der Waals surface area contributed by atoms with E-state index in [1.165, 1.54) is 38.9 Å². The molecule has 0 aliphatic carbocycles. The zero-order chi connectivity index (χ0) is 23.5. The normalized spacial score (nSPS) is 14.2. The van der Waals surface area contributed by atoms with E-state index in [4.69, 9.17) is 4.74 Å². The van der Waals surface area contributed by atoms with Crippen LogP contribution in [-0.2, 0) is 13.5 Å². The molecule has 0 aromatic carbocycles. The molecule has 4 aromatic heterocycles. The topological polar surface area (TPSA) is 85.4 Å². The number of fused-ring (bicyclic) bond motifs is 1. The van der Waals surface area contributed by atoms with E-state index >= 15 is 0 Å². The van der Waals surface area contributed by atoms with E-state index in [1.54, 1.807) is 13.3 Å². The zero-order valence-electron chi connectivity index (χ0n) is 20.2. The lowest BCUT2D eigenvalue weighted by atomic mass is 10.1. The van der Waals surface area contributed by atoms with Gasteiger partial charge in [0.05, 0.1) is 18.8 Å². The van der Waals surface area contributed by atoms with Crippen molar-refractivity contribution >= 4 is 17.2 Å². The summed E-state index contributed by atoms with van der Waals surface area (Å²) in [5.74, 6) is 3.04. The number of nitrogens with zero attached hydrogens (tertiary/aromatic N) is 7. The average molecular weight is 461 g/mol. The van der Waals surface area contributed by atoms with Crippen LogP contribution in [0.3, 0.4) is 0 Å². The van der Waals surface area contributed by atoms with Crippen LogP contribution in [0.2, 0.25) is 0 Å². The number of aromatic nitrogens is 6. The fourth-order valence-electron chi connectivity index (χ4n) is 4.70. The van der Waals surface area contributed by atoms with Crippen LogP contribution in [0.1, 0.15) is 37.2 Å². The largest absolute Gasteiger partial charge is 0.493 e. The van der Waals surface area contributed by atoms with Gasteiger partial charge in [-0.3, -0.25) is 4.68 Å². The van der Waals surface area contributed by atoms with Crippen molar-refractivity contribution in [1.82, 2.24) is 34.3 Å². The molecule has 1 N–H and O–H groups in total. The minimum absolute atomic E-state index is 0.743. The lowest BCUT2D eigenvalue weighted by molar-refractivity contribution is 0.330. The third-order valence-electron chi connectivity index (χ3n) is 6.36. The van der Waals surface area contributed by atoms with E-state index in [0.717, 1.165) is 58.5 Å². The molecule has 178 valence electrons. The van der Waals surface area contributed by atoms with Gasteiger partial charge in [0.1, 0.15) is 17.3 Å². The molecule has 0 saturated carbocycles. The second-order valence-corrected chi connectivity index (χ2v) is 8.92. The van der Waals surface area contributed by atoms with Gasteiger partial charge in [-0.25, -0.2) is 14.5 Å². The third kappa shape index (κ3) is 4.89. The van der Waals surface area contributed by atoms with Crippen molar-refractivity contribution in [3.8, 4) is 17.0 Å². The van der Waals surface area contributed by atoms with E-state index < -0.39 is 0 Å². The quantitative estimate of drug-likeness (QED) is 0.378. The number of methoxy groups -OCH3 is 1. The van der Waals surface area contributed by atoms with Crippen molar-refractivity contribution in [1.29, 1.82) is 0 Å². The molecular weight excluding hydrogens is 428 g/mol. The molecule has 5 heterocycles. The summed E-state index contributed by atoms with van der Waals surface area (Å²) in [5.41, 5.74) is 3.99. The fourth-order valence-corrected chi connectivity index (χ4v) is 4.70. The lowest BCUT2D eigenvalue weighted by Crippen LogP contribution is -2.20. The SMILES string of the molecule is COc1cnn(C)c1-c1ccn2nc(Nc3cc(CCCCN4CCCC4)nc(C)n3)cc2c1. The van der Waals surface area contributed by atoms with Crippen LogP contribution in [0.4, 0.5) is 11.6 Å². The molecule has 1 aliphatic heterocycles. The maximum Gasteiger partial charge on any atom is 0.164 e. The summed E-state index contributed by atoms with van der Waals surface area (Å²) in [7, 11) is 3.57. The number of aryl methyl sites for hydroxylation is 3. The minimum atomic E-state index is 0.743. The first-order valence-corrected chi connectivity index (χ1v) is 12.0. The first-order valence-electron chi connectivity index (χ1n) is 12.0. The first kappa shape index (κ1) is 22.3. The van der Waals surface area contributed by atoms with E-state index in [9.17, 15) is 0 Å². The zero-order valence-corrected chi connectivity index (χ0v) is 20.2. The smallest absolute Gasteiger partial charge is 0.164 e. The minimum Gasteiger partial charge on any atom is -0.493 e. The summed E-state index contributed by atoms with van der Waals surface area (Å²) in [4.78, 5) is 11.8. The molecule has 1 fully saturated rings. The molecule has 5 rings (SSSR count). The Hall–Kier alpha value is -3.46. The highest BCUT2D eigenvalue weighted by atomic mass is 16.5. The molecule has 34 heavy (non-hydrogen) atoms. The summed E-state index contributed by atoms with van der Waals surface area (Å²) >= 11 is 0. The highest BCUT2D eigenvalue weighted by Crippen LogP contribution is 2.30. The predicted octanol–water partition coefficient (Wildman–Crippen LogP) is 4.00. The van der Waals surface area contributed by atoms with Crippen LogP contribution in [-0.4, -0.2) is 61.0 Å². The number of hydrogen-bond acceptors (Lipinski definition) is 7. The van der Waals surface area contributed by atoms with Gasteiger partial charge in [0, 0.05) is 36.6 Å². The third-order valence-corrected chi connectivity index (χ3v) is 6.36. The summed E-state index contributed by atoms with van der Waals surface area (Å²) in [5, 5.41) is 12.3. The van der Waals surface area contributed by atoms with Gasteiger partial charge < -0.3 is 15.0 Å². The van der Waals surface area contributed by atoms with Crippen LogP contribution in [0.5, 0.6) is 5.75 Å². The first-order chi connectivity index (χ1) is 16.6. The molecule has 1 aliphatic rings. The molecule has 9 nitrogen and oxygen atoms in total. The van der Waals surface area contributed by atoms with E-state index in [-0.39, 0.29) is 0 Å². The number of unbranched alkanes of at least 4 members (excludes halogenated alkanes) is 1. The molecule has 0 spiro atoms. The number of nitrogens with one attached hydrogen (secondary N) is 1. The standard InChI is InChI=1S/C25H32N8O/c1-18-27-20(8-4-5-10-32-11-6-7-12-32)15-23(28-18)29-24-16-21-14-19(9-13-33(21)30-24)25-22(34-3)17-26-31(25)2/h9,13-17H,4-8,10-12H2,1-3H3,(H,27,28,29,30). The van der Waals surface area contributed by atoms with E-state index in [1.807, 2.05) is 47.6 Å². The Labute approximate surface area is 199 Å². The van der Waals surface area contributed by atoms with Crippen molar-refractivity contribution in [3.05, 3.63) is 48.2 Å². The number of likely N-dealkylation sites (tertiary alicyclic amines) is 1. The number of hydrogen-bond donors (Lipinski definition) is 1. The Morgan fingerprint density at radius 1 is 1.06 bits per heavy atom. The Morgan fingerprint density at radius 2 is 1.91 bits per heavy atom. The summed E-state index contributed by atoms with van der Waals surface area (Å²) in [6.07, 6.45) is 9.68. The second kappa shape index (κ2) is 9.80. The monoisotopic (exact) mass is 460 g/mol. The maximum atomic E-state index is 5.47. The number of ether oxygens (including phenoxy) is 1. The molecule has 0 bridgehead atoms. The van der Waals surface area contributed by atoms with Gasteiger partial charge in [0.15, 0.2) is 11.6 Å². The molecule has 9 heteroatoms. The Morgan fingerprint density at radius 3 is 2.74 bits per heavy atom. The van der Waals surface area contributed by atoms with Gasteiger partial charge in [-0.2, -0.15) is 10.2 Å². The van der Waals surface area contributed by atoms with Crippen LogP contribution in [0.25, 0.3) is 16.8 Å². The van der Waals surface area contributed by atoms with Crippen molar-refractivity contribution in [2.75, 3.05) is 32.1 Å². The maximum absolute atomic E-state index is 5.47. The Balaban J connectivity index is 1.28. The van der Waals surface area contributed by atoms with Gasteiger partial charge in [-0.05, 0) is 70.8 Å². The molecule has 1 saturated heterocycles. The number of pyridine rings is 1. The van der Waals surface area contributed by atoms with E-state index in [2.05, 4.69) is 36.4 Å². The predicted molar refractivity (Wildman–Crippen MR) is 133 cm³/mol. The number of anilines is 2. The van der Waals surface area contributed by atoms with Crippen molar-refractivity contribution in [2.24, 2.45) is 7.05 Å². The highest BCUT2D eigenvalue weighted by Gasteiger charge is 2.14. The molecular formula is C25H32N8O. The van der Waals surface area contributed by atoms with Gasteiger partial charge in [0.25, 0.3) is 0 Å². The van der Waals surface area contributed by atoms with Crippen LogP contribution in [0, 0.1) is 6.92 Å². The van der Waals surface area contributed by atoms with Gasteiger partial charge in [0.2, 0.25) is 0 Å². The van der Waals surface area contributed by atoms with E-state index in [0.29, 0.717) is 0 Å². The van der Waals surface area contributed by atoms with Crippen molar-refractivity contribution in [3.63, 3.8) is 0 Å².